The molecule has 4 aromatic rings. The van der Waals surface area contributed by atoms with Crippen molar-refractivity contribution in [2.45, 2.75) is 31.8 Å². The third-order valence-corrected chi connectivity index (χ3v) is 6.07. The number of rotatable bonds is 7. The van der Waals surface area contributed by atoms with Gasteiger partial charge in [-0.25, -0.2) is 4.98 Å². The van der Waals surface area contributed by atoms with Crippen LogP contribution in [0.5, 0.6) is 0 Å². The fourth-order valence-corrected chi connectivity index (χ4v) is 4.26. The number of nitrogen functional groups attached to an aromatic ring is 2. The standard InChI is InChI=1S/C25H25N7O/c26-22(27)17-6-3-4-15(12-17)13-32-21-20(30-24(32)16-8-9-16)10-11-31(25(21)33)14-18-5-1-2-7-19(18)23(28)29/h1-7,10-12,16H,8-9,13-14H2,(H3,26,27)(H3,28,29). The fourth-order valence-electron chi connectivity index (χ4n) is 4.26. The second-order valence-corrected chi connectivity index (χ2v) is 8.50. The SMILES string of the molecule is N=C(N)c1cccc(Cn2c(C3CC3)nc3ccn(Cc4ccccc4C(=N)N)c(=O)c32)c1. The largest absolute Gasteiger partial charge is 0.384 e. The molecule has 0 unspecified atom stereocenters. The van der Waals surface area contributed by atoms with Crippen LogP contribution in [0.15, 0.2) is 65.6 Å². The van der Waals surface area contributed by atoms with E-state index in [0.717, 1.165) is 29.8 Å². The van der Waals surface area contributed by atoms with Crippen LogP contribution in [0.3, 0.4) is 0 Å². The van der Waals surface area contributed by atoms with Gasteiger partial charge < -0.3 is 20.6 Å². The lowest BCUT2D eigenvalue weighted by Gasteiger charge is -2.12. The Morgan fingerprint density at radius 3 is 2.52 bits per heavy atom. The molecule has 0 atom stereocenters. The Labute approximate surface area is 190 Å². The van der Waals surface area contributed by atoms with Crippen molar-refractivity contribution >= 4 is 22.7 Å². The monoisotopic (exact) mass is 439 g/mol. The molecule has 8 nitrogen and oxygen atoms in total. The molecule has 0 saturated heterocycles. The van der Waals surface area contributed by atoms with Crippen LogP contribution in [-0.4, -0.2) is 25.8 Å². The van der Waals surface area contributed by atoms with Crippen LogP contribution in [0, 0.1) is 10.8 Å². The van der Waals surface area contributed by atoms with E-state index in [2.05, 4.69) is 0 Å². The predicted octanol–water partition coefficient (Wildman–Crippen LogP) is 2.74. The molecular formula is C25H25N7O. The van der Waals surface area contributed by atoms with Crippen LogP contribution in [0.2, 0.25) is 0 Å². The zero-order chi connectivity index (χ0) is 23.1. The van der Waals surface area contributed by atoms with Gasteiger partial charge >= 0.3 is 0 Å². The molecule has 0 aliphatic heterocycles. The first-order valence-corrected chi connectivity index (χ1v) is 10.9. The molecule has 1 saturated carbocycles. The number of nitrogens with zero attached hydrogens (tertiary/aromatic N) is 3. The van der Waals surface area contributed by atoms with E-state index in [4.69, 9.17) is 27.3 Å². The Balaban J connectivity index is 1.61. The van der Waals surface area contributed by atoms with Gasteiger partial charge in [0.25, 0.3) is 5.56 Å². The summed E-state index contributed by atoms with van der Waals surface area (Å²) in [7, 11) is 0. The van der Waals surface area contributed by atoms with E-state index in [0.29, 0.717) is 41.2 Å². The summed E-state index contributed by atoms with van der Waals surface area (Å²) >= 11 is 0. The Hall–Kier alpha value is -4.20. The molecule has 5 rings (SSSR count). The van der Waals surface area contributed by atoms with Crippen molar-refractivity contribution < 1.29 is 0 Å². The maximum absolute atomic E-state index is 13.6. The highest BCUT2D eigenvalue weighted by molar-refractivity contribution is 5.96. The zero-order valence-corrected chi connectivity index (χ0v) is 18.1. The van der Waals surface area contributed by atoms with Gasteiger partial charge in [-0.3, -0.25) is 15.6 Å². The highest BCUT2D eigenvalue weighted by Crippen LogP contribution is 2.40. The number of fused-ring (bicyclic) bond motifs is 1. The first kappa shape index (κ1) is 20.7. The lowest BCUT2D eigenvalue weighted by molar-refractivity contribution is 0.725. The molecule has 166 valence electrons. The molecule has 1 aliphatic carbocycles. The highest BCUT2D eigenvalue weighted by Gasteiger charge is 2.30. The van der Waals surface area contributed by atoms with E-state index < -0.39 is 0 Å². The predicted molar refractivity (Wildman–Crippen MR) is 129 cm³/mol. The summed E-state index contributed by atoms with van der Waals surface area (Å²) in [6.07, 6.45) is 3.89. The van der Waals surface area contributed by atoms with Gasteiger partial charge in [0.2, 0.25) is 0 Å². The molecule has 1 fully saturated rings. The third-order valence-electron chi connectivity index (χ3n) is 6.07. The number of aromatic nitrogens is 3. The van der Waals surface area contributed by atoms with Gasteiger partial charge in [-0.1, -0.05) is 42.5 Å². The maximum atomic E-state index is 13.6. The minimum atomic E-state index is -0.132. The number of pyridine rings is 1. The molecule has 1 aliphatic rings. The van der Waals surface area contributed by atoms with Gasteiger partial charge in [-0.15, -0.1) is 0 Å². The van der Waals surface area contributed by atoms with Crippen molar-refractivity contribution in [3.63, 3.8) is 0 Å². The lowest BCUT2D eigenvalue weighted by atomic mass is 10.1. The summed E-state index contributed by atoms with van der Waals surface area (Å²) < 4.78 is 3.66. The second-order valence-electron chi connectivity index (χ2n) is 8.50. The van der Waals surface area contributed by atoms with Crippen LogP contribution >= 0.6 is 0 Å². The van der Waals surface area contributed by atoms with Crippen LogP contribution in [0.25, 0.3) is 11.0 Å². The van der Waals surface area contributed by atoms with Gasteiger partial charge in [0.1, 0.15) is 23.0 Å². The molecule has 0 amide bonds. The van der Waals surface area contributed by atoms with Gasteiger partial charge in [-0.05, 0) is 36.1 Å². The minimum Gasteiger partial charge on any atom is -0.384 e. The Bertz CT molecular complexity index is 1460. The Morgan fingerprint density at radius 2 is 1.79 bits per heavy atom. The summed E-state index contributed by atoms with van der Waals surface area (Å²) in [6, 6.07) is 16.8. The van der Waals surface area contributed by atoms with Crippen molar-refractivity contribution in [3.8, 4) is 0 Å². The molecule has 0 bridgehead atoms. The van der Waals surface area contributed by atoms with Crippen molar-refractivity contribution in [1.29, 1.82) is 10.8 Å². The first-order valence-electron chi connectivity index (χ1n) is 10.9. The van der Waals surface area contributed by atoms with Gasteiger partial charge in [-0.2, -0.15) is 0 Å². The quantitative estimate of drug-likeness (QED) is 0.260. The molecule has 8 heteroatoms. The average Bonchev–Trinajstić information content (AvgIpc) is 3.58. The van der Waals surface area contributed by atoms with E-state index in [9.17, 15) is 4.79 Å². The number of nitrogens with two attached hydrogens (primary N) is 2. The van der Waals surface area contributed by atoms with Crippen LogP contribution in [0.4, 0.5) is 0 Å². The molecule has 0 spiro atoms. The number of nitrogens with one attached hydrogen (secondary N) is 2. The zero-order valence-electron chi connectivity index (χ0n) is 18.1. The molecule has 6 N–H and O–H groups in total. The third kappa shape index (κ3) is 3.91. The first-order chi connectivity index (χ1) is 15.9. The van der Waals surface area contributed by atoms with Crippen LogP contribution < -0.4 is 17.0 Å². The molecular weight excluding hydrogens is 414 g/mol. The summed E-state index contributed by atoms with van der Waals surface area (Å²) in [4.78, 5) is 18.4. The number of amidine groups is 2. The van der Waals surface area contributed by atoms with E-state index >= 15 is 0 Å². The molecule has 2 heterocycles. The second kappa shape index (κ2) is 8.05. The summed E-state index contributed by atoms with van der Waals surface area (Å²) in [6.45, 7) is 0.793. The number of imidazole rings is 1. The Morgan fingerprint density at radius 1 is 1.00 bits per heavy atom. The summed E-state index contributed by atoms with van der Waals surface area (Å²) in [5.74, 6) is 1.28. The molecule has 0 radical (unpaired) electrons. The van der Waals surface area contributed by atoms with Crippen molar-refractivity contribution in [1.82, 2.24) is 14.1 Å². The van der Waals surface area contributed by atoms with Crippen LogP contribution in [0.1, 0.15) is 46.8 Å². The van der Waals surface area contributed by atoms with Crippen molar-refractivity contribution in [3.05, 3.63) is 99.2 Å². The Kier molecular flexibility index (Phi) is 5.05. The van der Waals surface area contributed by atoms with E-state index in [1.54, 1.807) is 22.9 Å². The summed E-state index contributed by atoms with van der Waals surface area (Å²) in [5.41, 5.74) is 15.6. The van der Waals surface area contributed by atoms with Gasteiger partial charge in [0.15, 0.2) is 0 Å². The highest BCUT2D eigenvalue weighted by atomic mass is 16.1. The summed E-state index contributed by atoms with van der Waals surface area (Å²) in [5, 5.41) is 15.6. The van der Waals surface area contributed by atoms with Crippen molar-refractivity contribution in [2.24, 2.45) is 11.5 Å². The average molecular weight is 440 g/mol. The lowest BCUT2D eigenvalue weighted by Crippen LogP contribution is -2.24. The smallest absolute Gasteiger partial charge is 0.277 e. The maximum Gasteiger partial charge on any atom is 0.277 e. The number of hydrogen-bond donors (Lipinski definition) is 4. The molecule has 2 aromatic heterocycles. The van der Waals surface area contributed by atoms with Crippen LogP contribution in [-0.2, 0) is 13.1 Å². The fraction of sp³-hybridized carbons (Fsp3) is 0.200. The van der Waals surface area contributed by atoms with Gasteiger partial charge in [0, 0.05) is 29.8 Å². The van der Waals surface area contributed by atoms with E-state index in [1.807, 2.05) is 47.0 Å². The van der Waals surface area contributed by atoms with Crippen molar-refractivity contribution in [2.75, 3.05) is 0 Å². The normalized spacial score (nSPS) is 13.3. The minimum absolute atomic E-state index is 0.0150. The number of hydrogen-bond acceptors (Lipinski definition) is 4. The number of benzene rings is 2. The van der Waals surface area contributed by atoms with Gasteiger partial charge in [0.05, 0.1) is 12.1 Å². The van der Waals surface area contributed by atoms with E-state index in [1.165, 1.54) is 0 Å². The van der Waals surface area contributed by atoms with E-state index in [-0.39, 0.29) is 17.2 Å². The molecule has 2 aromatic carbocycles. The topological polar surface area (TPSA) is 140 Å². The molecule has 33 heavy (non-hydrogen) atoms.